The summed E-state index contributed by atoms with van der Waals surface area (Å²) in [5.74, 6) is -0.264. The summed E-state index contributed by atoms with van der Waals surface area (Å²) >= 11 is 0. The van der Waals surface area contributed by atoms with Crippen molar-refractivity contribution in [1.29, 1.82) is 0 Å². The van der Waals surface area contributed by atoms with Crippen molar-refractivity contribution in [2.75, 3.05) is 0 Å². The zero-order chi connectivity index (χ0) is 13.4. The molecule has 0 aliphatic heterocycles. The molecule has 1 aromatic carbocycles. The molecule has 1 atom stereocenters. The van der Waals surface area contributed by atoms with Gasteiger partial charge < -0.3 is 5.11 Å². The summed E-state index contributed by atoms with van der Waals surface area (Å²) in [5.41, 5.74) is 4.84. The number of carbonyl (C=O) groups excluding carboxylic acids is 1. The Morgan fingerprint density at radius 2 is 2.00 bits per heavy atom. The lowest BCUT2D eigenvalue weighted by Crippen LogP contribution is -2.13. The zero-order valence-corrected chi connectivity index (χ0v) is 10.9. The number of hydrogen-bond acceptors (Lipinski definition) is 2. The fourth-order valence-corrected chi connectivity index (χ4v) is 3.61. The van der Waals surface area contributed by atoms with Gasteiger partial charge in [-0.15, -0.1) is 0 Å². The van der Waals surface area contributed by atoms with E-state index in [0.29, 0.717) is 5.92 Å². The number of benzene rings is 1. The highest BCUT2D eigenvalue weighted by molar-refractivity contribution is 5.99. The van der Waals surface area contributed by atoms with Crippen LogP contribution in [0.2, 0.25) is 0 Å². The first kappa shape index (κ1) is 12.4. The maximum atomic E-state index is 12.2. The second kappa shape index (κ2) is 4.80. The van der Waals surface area contributed by atoms with Gasteiger partial charge in [0.15, 0.2) is 5.78 Å². The first-order valence-electron chi connectivity index (χ1n) is 7.06. The molecule has 0 saturated heterocycles. The molecule has 0 heterocycles. The van der Waals surface area contributed by atoms with Crippen LogP contribution in [0, 0.1) is 0 Å². The second-order valence-corrected chi connectivity index (χ2v) is 5.61. The van der Waals surface area contributed by atoms with Crippen molar-refractivity contribution in [1.82, 2.24) is 0 Å². The monoisotopic (exact) mass is 258 g/mol. The van der Waals surface area contributed by atoms with Crippen LogP contribution in [0.1, 0.15) is 65.1 Å². The van der Waals surface area contributed by atoms with Crippen LogP contribution in [0.15, 0.2) is 12.1 Å². The molecule has 0 spiro atoms. The van der Waals surface area contributed by atoms with Gasteiger partial charge in [0.2, 0.25) is 0 Å². The summed E-state index contributed by atoms with van der Waals surface area (Å²) in [6, 6.07) is 4.00. The third-order valence-corrected chi connectivity index (χ3v) is 4.46. The average molecular weight is 258 g/mol. The molecule has 0 radical (unpaired) electrons. The molecular formula is C16H18O3. The Kier molecular flexibility index (Phi) is 3.13. The molecule has 3 rings (SSSR count). The van der Waals surface area contributed by atoms with E-state index < -0.39 is 5.97 Å². The molecule has 0 saturated carbocycles. The summed E-state index contributed by atoms with van der Waals surface area (Å²) in [6.07, 6.45) is 5.77. The third kappa shape index (κ3) is 2.18. The van der Waals surface area contributed by atoms with Gasteiger partial charge in [-0.3, -0.25) is 9.59 Å². The molecule has 0 fully saturated rings. The highest BCUT2D eigenvalue weighted by atomic mass is 16.4. The van der Waals surface area contributed by atoms with Gasteiger partial charge in [-0.1, -0.05) is 12.1 Å². The van der Waals surface area contributed by atoms with Gasteiger partial charge in [0.1, 0.15) is 0 Å². The Morgan fingerprint density at radius 3 is 2.79 bits per heavy atom. The number of Topliss-reactive ketones (excluding diaryl/α,β-unsaturated/α-hetero) is 1. The number of aryl methyl sites for hydroxylation is 1. The maximum absolute atomic E-state index is 12.2. The van der Waals surface area contributed by atoms with E-state index in [0.717, 1.165) is 24.8 Å². The molecule has 2 aliphatic carbocycles. The van der Waals surface area contributed by atoms with Crippen molar-refractivity contribution in [2.24, 2.45) is 0 Å². The van der Waals surface area contributed by atoms with E-state index in [9.17, 15) is 9.59 Å². The van der Waals surface area contributed by atoms with E-state index in [-0.39, 0.29) is 18.6 Å². The number of carboxylic acid groups (broad SMARTS) is 1. The Morgan fingerprint density at radius 1 is 1.16 bits per heavy atom. The molecule has 3 heteroatoms. The minimum absolute atomic E-state index is 0.00671. The molecule has 3 nitrogen and oxygen atoms in total. The van der Waals surface area contributed by atoms with Crippen LogP contribution in [0.5, 0.6) is 0 Å². The molecule has 2 aliphatic rings. The molecular weight excluding hydrogens is 240 g/mol. The number of ketones is 1. The van der Waals surface area contributed by atoms with Crippen LogP contribution in [-0.4, -0.2) is 16.9 Å². The summed E-state index contributed by atoms with van der Waals surface area (Å²) in [7, 11) is 0. The second-order valence-electron chi connectivity index (χ2n) is 5.61. The largest absolute Gasteiger partial charge is 0.481 e. The summed E-state index contributed by atoms with van der Waals surface area (Å²) in [6.45, 7) is 0. The molecule has 0 amide bonds. The third-order valence-electron chi connectivity index (χ3n) is 4.46. The van der Waals surface area contributed by atoms with Gasteiger partial charge in [0.25, 0.3) is 0 Å². The minimum Gasteiger partial charge on any atom is -0.481 e. The van der Waals surface area contributed by atoms with Crippen molar-refractivity contribution in [3.05, 3.63) is 34.4 Å². The van der Waals surface area contributed by atoms with E-state index in [1.54, 1.807) is 0 Å². The Balaban J connectivity index is 1.93. The predicted octanol–water partition coefficient (Wildman–Crippen LogP) is 3.10. The quantitative estimate of drug-likeness (QED) is 0.844. The highest BCUT2D eigenvalue weighted by Gasteiger charge is 2.30. The van der Waals surface area contributed by atoms with Crippen LogP contribution in [0.3, 0.4) is 0 Å². The smallest absolute Gasteiger partial charge is 0.303 e. The van der Waals surface area contributed by atoms with Gasteiger partial charge in [-0.2, -0.15) is 0 Å². The normalized spacial score (nSPS) is 20.1. The number of hydrogen-bond donors (Lipinski definition) is 1. The number of rotatable bonds is 4. The Bertz CT molecular complexity index is 545. The zero-order valence-electron chi connectivity index (χ0n) is 10.9. The highest BCUT2D eigenvalue weighted by Crippen LogP contribution is 2.43. The number of carboxylic acids is 1. The minimum atomic E-state index is -0.902. The molecule has 1 aromatic rings. The van der Waals surface area contributed by atoms with Crippen molar-refractivity contribution in [2.45, 2.75) is 50.9 Å². The van der Waals surface area contributed by atoms with Crippen molar-refractivity contribution in [3.8, 4) is 0 Å². The van der Waals surface area contributed by atoms with Gasteiger partial charge in [0.05, 0.1) is 6.42 Å². The lowest BCUT2D eigenvalue weighted by Gasteiger charge is -2.24. The van der Waals surface area contributed by atoms with Crippen molar-refractivity contribution in [3.63, 3.8) is 0 Å². The molecule has 0 unspecified atom stereocenters. The summed E-state index contributed by atoms with van der Waals surface area (Å²) in [5, 5.41) is 8.69. The van der Waals surface area contributed by atoms with Crippen LogP contribution in [0.4, 0.5) is 0 Å². The van der Waals surface area contributed by atoms with Gasteiger partial charge in [0, 0.05) is 12.0 Å². The van der Waals surface area contributed by atoms with Crippen LogP contribution >= 0.6 is 0 Å². The van der Waals surface area contributed by atoms with Gasteiger partial charge in [-0.25, -0.2) is 0 Å². The number of carbonyl (C=O) groups is 2. The van der Waals surface area contributed by atoms with E-state index in [1.165, 1.54) is 29.5 Å². The predicted molar refractivity (Wildman–Crippen MR) is 71.6 cm³/mol. The van der Waals surface area contributed by atoms with E-state index in [1.807, 2.05) is 6.07 Å². The number of aliphatic carboxylic acids is 1. The Labute approximate surface area is 112 Å². The van der Waals surface area contributed by atoms with Crippen LogP contribution < -0.4 is 0 Å². The maximum Gasteiger partial charge on any atom is 0.303 e. The topological polar surface area (TPSA) is 54.4 Å². The molecule has 100 valence electrons. The SMILES string of the molecule is O=C(O)CCC(=O)c1ccc2c3c1CCC[C@H]3CC2. The molecule has 0 aromatic heterocycles. The first-order valence-corrected chi connectivity index (χ1v) is 7.06. The molecule has 19 heavy (non-hydrogen) atoms. The fraction of sp³-hybridized carbons (Fsp3) is 0.500. The summed E-state index contributed by atoms with van der Waals surface area (Å²) < 4.78 is 0. The lowest BCUT2D eigenvalue weighted by molar-refractivity contribution is -0.136. The van der Waals surface area contributed by atoms with Gasteiger partial charge in [-0.05, 0) is 54.7 Å². The average Bonchev–Trinajstić information content (AvgIpc) is 2.82. The van der Waals surface area contributed by atoms with Crippen LogP contribution in [-0.2, 0) is 17.6 Å². The summed E-state index contributed by atoms with van der Waals surface area (Å²) in [4.78, 5) is 22.8. The lowest BCUT2D eigenvalue weighted by atomic mass is 9.80. The van der Waals surface area contributed by atoms with Crippen LogP contribution in [0.25, 0.3) is 0 Å². The van der Waals surface area contributed by atoms with E-state index >= 15 is 0 Å². The van der Waals surface area contributed by atoms with E-state index in [2.05, 4.69) is 6.07 Å². The molecule has 0 bridgehead atoms. The van der Waals surface area contributed by atoms with Gasteiger partial charge >= 0.3 is 5.97 Å². The van der Waals surface area contributed by atoms with E-state index in [4.69, 9.17) is 5.11 Å². The molecule has 1 N–H and O–H groups in total. The first-order chi connectivity index (χ1) is 9.16. The fourth-order valence-electron chi connectivity index (χ4n) is 3.61. The standard InChI is InChI=1S/C16H18O3/c17-14(8-9-15(18)19)12-7-6-11-5-4-10-2-1-3-13(12)16(10)11/h6-7,10H,1-5,8-9H2,(H,18,19)/t10-/m0/s1. The van der Waals surface area contributed by atoms with Crippen molar-refractivity contribution >= 4 is 11.8 Å². The Hall–Kier alpha value is -1.64. The van der Waals surface area contributed by atoms with Crippen molar-refractivity contribution < 1.29 is 14.7 Å².